The van der Waals surface area contributed by atoms with Crippen molar-refractivity contribution in [3.63, 3.8) is 0 Å². The van der Waals surface area contributed by atoms with Crippen LogP contribution in [-0.2, 0) is 4.79 Å². The normalized spacial score (nSPS) is 9.80. The molecule has 0 saturated carbocycles. The van der Waals surface area contributed by atoms with Crippen LogP contribution in [0.25, 0.3) is 0 Å². The zero-order valence-corrected chi connectivity index (χ0v) is 9.49. The number of aldehydes is 1. The van der Waals surface area contributed by atoms with E-state index in [-0.39, 0.29) is 0 Å². The van der Waals surface area contributed by atoms with E-state index in [0.29, 0.717) is 13.2 Å². The topological polar surface area (TPSA) is 29.5 Å². The molecule has 0 radical (unpaired) electrons. The summed E-state index contributed by atoms with van der Waals surface area (Å²) in [5.41, 5.74) is 2.12. The minimum Gasteiger partial charge on any atom is -0.494 e. The van der Waals surface area contributed by atoms with Gasteiger partial charge < -0.3 is 14.4 Å². The molecule has 0 saturated heterocycles. The highest BCUT2D eigenvalue weighted by Crippen LogP contribution is 2.23. The maximum absolute atomic E-state index is 10.4. The molecule has 0 unspecified atom stereocenters. The lowest BCUT2D eigenvalue weighted by molar-refractivity contribution is -0.106. The summed E-state index contributed by atoms with van der Waals surface area (Å²) in [5, 5.41) is 0. The molecule has 1 aromatic carbocycles. The number of anilines is 1. The van der Waals surface area contributed by atoms with Crippen molar-refractivity contribution in [1.29, 1.82) is 0 Å². The summed E-state index contributed by atoms with van der Waals surface area (Å²) in [5.74, 6) is 0.903. The number of benzene rings is 1. The van der Waals surface area contributed by atoms with Crippen molar-refractivity contribution < 1.29 is 9.53 Å². The lowest BCUT2D eigenvalue weighted by Crippen LogP contribution is -2.19. The number of carbonyl (C=O) groups is 1. The number of ether oxygens (including phenoxy) is 1. The van der Waals surface area contributed by atoms with Crippen molar-refractivity contribution in [2.24, 2.45) is 0 Å². The van der Waals surface area contributed by atoms with Crippen LogP contribution >= 0.6 is 0 Å². The maximum atomic E-state index is 10.4. The second-order valence-electron chi connectivity index (χ2n) is 3.43. The standard InChI is InChI=1S/C12H17NO2/c1-4-15-12-6-5-11(9-10(12)2)13(3)7-8-14/h5-6,8-9H,4,7H2,1-3H3. The van der Waals surface area contributed by atoms with E-state index in [4.69, 9.17) is 4.74 Å². The Balaban J connectivity index is 2.85. The number of hydrogen-bond acceptors (Lipinski definition) is 3. The van der Waals surface area contributed by atoms with Gasteiger partial charge in [-0.1, -0.05) is 0 Å². The zero-order valence-electron chi connectivity index (χ0n) is 9.49. The Kier molecular flexibility index (Phi) is 4.16. The van der Waals surface area contributed by atoms with Gasteiger partial charge in [-0.15, -0.1) is 0 Å². The van der Waals surface area contributed by atoms with E-state index in [2.05, 4.69) is 0 Å². The Hall–Kier alpha value is -1.51. The fraction of sp³-hybridized carbons (Fsp3) is 0.417. The quantitative estimate of drug-likeness (QED) is 0.692. The van der Waals surface area contributed by atoms with Crippen LogP contribution < -0.4 is 9.64 Å². The molecule has 0 amide bonds. The molecule has 0 fully saturated rings. The van der Waals surface area contributed by atoms with Gasteiger partial charge >= 0.3 is 0 Å². The fourth-order valence-corrected chi connectivity index (χ4v) is 1.41. The molecule has 0 aliphatic rings. The van der Waals surface area contributed by atoms with Crippen LogP contribution in [0.5, 0.6) is 5.75 Å². The highest BCUT2D eigenvalue weighted by atomic mass is 16.5. The molecular formula is C12H17NO2. The van der Waals surface area contributed by atoms with E-state index in [1.807, 2.05) is 44.0 Å². The van der Waals surface area contributed by atoms with Gasteiger partial charge in [-0.25, -0.2) is 0 Å². The molecular weight excluding hydrogens is 190 g/mol. The molecule has 15 heavy (non-hydrogen) atoms. The number of aryl methyl sites for hydroxylation is 1. The average molecular weight is 207 g/mol. The van der Waals surface area contributed by atoms with E-state index in [1.54, 1.807) is 0 Å². The molecule has 0 atom stereocenters. The molecule has 1 rings (SSSR count). The predicted molar refractivity (Wildman–Crippen MR) is 61.7 cm³/mol. The molecule has 0 bridgehead atoms. The molecule has 0 aromatic heterocycles. The monoisotopic (exact) mass is 207 g/mol. The van der Waals surface area contributed by atoms with Crippen molar-refractivity contribution in [3.05, 3.63) is 23.8 Å². The molecule has 82 valence electrons. The fourth-order valence-electron chi connectivity index (χ4n) is 1.41. The van der Waals surface area contributed by atoms with Gasteiger partial charge in [-0.2, -0.15) is 0 Å². The van der Waals surface area contributed by atoms with Crippen LogP contribution in [-0.4, -0.2) is 26.5 Å². The summed E-state index contributed by atoms with van der Waals surface area (Å²) < 4.78 is 5.44. The Morgan fingerprint density at radius 3 is 2.73 bits per heavy atom. The lowest BCUT2D eigenvalue weighted by Gasteiger charge is -2.17. The van der Waals surface area contributed by atoms with Gasteiger partial charge in [0.25, 0.3) is 0 Å². The van der Waals surface area contributed by atoms with Crippen LogP contribution in [0.4, 0.5) is 5.69 Å². The minimum atomic E-state index is 0.410. The first-order chi connectivity index (χ1) is 7.19. The van der Waals surface area contributed by atoms with E-state index < -0.39 is 0 Å². The Morgan fingerprint density at radius 1 is 1.47 bits per heavy atom. The number of hydrogen-bond donors (Lipinski definition) is 0. The molecule has 0 aliphatic heterocycles. The highest BCUT2D eigenvalue weighted by Gasteiger charge is 2.03. The second kappa shape index (κ2) is 5.39. The smallest absolute Gasteiger partial charge is 0.139 e. The molecule has 0 N–H and O–H groups in total. The van der Waals surface area contributed by atoms with Crippen LogP contribution in [0.1, 0.15) is 12.5 Å². The summed E-state index contributed by atoms with van der Waals surface area (Å²) >= 11 is 0. The number of nitrogens with zero attached hydrogens (tertiary/aromatic N) is 1. The van der Waals surface area contributed by atoms with Gasteiger partial charge in [0.1, 0.15) is 12.0 Å². The van der Waals surface area contributed by atoms with Crippen molar-refractivity contribution in [2.75, 3.05) is 25.1 Å². The number of likely N-dealkylation sites (N-methyl/N-ethyl adjacent to an activating group) is 1. The summed E-state index contributed by atoms with van der Waals surface area (Å²) in [7, 11) is 1.89. The van der Waals surface area contributed by atoms with Crippen LogP contribution in [0.3, 0.4) is 0 Å². The van der Waals surface area contributed by atoms with E-state index in [0.717, 1.165) is 23.3 Å². The van der Waals surface area contributed by atoms with Crippen molar-refractivity contribution in [1.82, 2.24) is 0 Å². The van der Waals surface area contributed by atoms with Crippen LogP contribution in [0, 0.1) is 6.92 Å². The molecule has 0 heterocycles. The second-order valence-corrected chi connectivity index (χ2v) is 3.43. The molecule has 3 nitrogen and oxygen atoms in total. The first-order valence-corrected chi connectivity index (χ1v) is 5.07. The van der Waals surface area contributed by atoms with E-state index >= 15 is 0 Å². The first-order valence-electron chi connectivity index (χ1n) is 5.07. The first kappa shape index (κ1) is 11.6. The summed E-state index contributed by atoms with van der Waals surface area (Å²) in [6.45, 7) is 5.05. The van der Waals surface area contributed by atoms with Crippen LogP contribution in [0.2, 0.25) is 0 Å². The Labute approximate surface area is 90.7 Å². The van der Waals surface area contributed by atoms with Crippen LogP contribution in [0.15, 0.2) is 18.2 Å². The SMILES string of the molecule is CCOc1ccc(N(C)CC=O)cc1C. The number of rotatable bonds is 5. The molecule has 0 spiro atoms. The third kappa shape index (κ3) is 2.98. The van der Waals surface area contributed by atoms with E-state index in [1.165, 1.54) is 0 Å². The van der Waals surface area contributed by atoms with E-state index in [9.17, 15) is 4.79 Å². The lowest BCUT2D eigenvalue weighted by atomic mass is 10.2. The van der Waals surface area contributed by atoms with Crippen molar-refractivity contribution >= 4 is 12.0 Å². The Bertz CT molecular complexity index is 336. The van der Waals surface area contributed by atoms with Gasteiger partial charge in [0.2, 0.25) is 0 Å². The Morgan fingerprint density at radius 2 is 2.20 bits per heavy atom. The summed E-state index contributed by atoms with van der Waals surface area (Å²) in [6, 6.07) is 5.92. The summed E-state index contributed by atoms with van der Waals surface area (Å²) in [6.07, 6.45) is 0.895. The van der Waals surface area contributed by atoms with Crippen molar-refractivity contribution in [3.8, 4) is 5.75 Å². The largest absolute Gasteiger partial charge is 0.494 e. The maximum Gasteiger partial charge on any atom is 0.139 e. The molecule has 1 aromatic rings. The van der Waals surface area contributed by atoms with Gasteiger partial charge in [0.15, 0.2) is 0 Å². The average Bonchev–Trinajstić information content (AvgIpc) is 2.21. The van der Waals surface area contributed by atoms with Gasteiger partial charge in [-0.05, 0) is 37.6 Å². The molecule has 0 aliphatic carbocycles. The molecule has 3 heteroatoms. The third-order valence-corrected chi connectivity index (χ3v) is 2.25. The predicted octanol–water partition coefficient (Wildman–Crippen LogP) is 2.03. The zero-order chi connectivity index (χ0) is 11.3. The number of carbonyl (C=O) groups excluding carboxylic acids is 1. The minimum absolute atomic E-state index is 0.410. The van der Waals surface area contributed by atoms with Gasteiger partial charge in [0, 0.05) is 12.7 Å². The summed E-state index contributed by atoms with van der Waals surface area (Å²) in [4.78, 5) is 12.3. The van der Waals surface area contributed by atoms with Gasteiger partial charge in [-0.3, -0.25) is 0 Å². The van der Waals surface area contributed by atoms with Crippen molar-refractivity contribution in [2.45, 2.75) is 13.8 Å². The van der Waals surface area contributed by atoms with Gasteiger partial charge in [0.05, 0.1) is 13.2 Å². The highest BCUT2D eigenvalue weighted by molar-refractivity contribution is 5.62. The third-order valence-electron chi connectivity index (χ3n) is 2.25.